The van der Waals surface area contributed by atoms with Crippen molar-refractivity contribution in [2.75, 3.05) is 6.54 Å². The Balaban J connectivity index is 2.12. The highest BCUT2D eigenvalue weighted by atomic mass is 32.1. The Morgan fingerprint density at radius 2 is 2.15 bits per heavy atom. The van der Waals surface area contributed by atoms with Crippen molar-refractivity contribution in [2.45, 2.75) is 39.2 Å². The number of rotatable bonds is 8. The van der Waals surface area contributed by atoms with E-state index in [-0.39, 0.29) is 18.0 Å². The molecule has 1 heterocycles. The van der Waals surface area contributed by atoms with Crippen LogP contribution in [0.3, 0.4) is 0 Å². The summed E-state index contributed by atoms with van der Waals surface area (Å²) in [4.78, 5) is 23.5. The molecule has 2 amide bonds. The second kappa shape index (κ2) is 8.58. The molecule has 0 fully saturated rings. The lowest BCUT2D eigenvalue weighted by Crippen LogP contribution is -2.42. The van der Waals surface area contributed by atoms with E-state index >= 15 is 0 Å². The van der Waals surface area contributed by atoms with E-state index in [2.05, 4.69) is 10.6 Å². The summed E-state index contributed by atoms with van der Waals surface area (Å²) in [6.07, 6.45) is 2.06. The summed E-state index contributed by atoms with van der Waals surface area (Å²) in [7, 11) is 0. The fourth-order valence-corrected chi connectivity index (χ4v) is 2.63. The smallest absolute Gasteiger partial charge is 0.315 e. The third-order valence-electron chi connectivity index (χ3n) is 2.99. The average molecular weight is 298 g/mol. The molecule has 5 nitrogen and oxygen atoms in total. The number of carboxylic acid groups (broad SMARTS) is 1. The van der Waals surface area contributed by atoms with Crippen LogP contribution in [-0.2, 0) is 11.2 Å². The molecule has 0 saturated carbocycles. The van der Waals surface area contributed by atoms with Gasteiger partial charge in [0.05, 0.1) is 5.92 Å². The van der Waals surface area contributed by atoms with Crippen LogP contribution in [0, 0.1) is 5.92 Å². The van der Waals surface area contributed by atoms with Crippen LogP contribution in [0.5, 0.6) is 0 Å². The molecule has 2 atom stereocenters. The summed E-state index contributed by atoms with van der Waals surface area (Å²) in [6.45, 7) is 4.13. The molecule has 2 unspecified atom stereocenters. The van der Waals surface area contributed by atoms with Gasteiger partial charge in [-0.1, -0.05) is 13.0 Å². The van der Waals surface area contributed by atoms with Crippen LogP contribution in [-0.4, -0.2) is 29.7 Å². The second-order valence-corrected chi connectivity index (χ2v) is 6.00. The van der Waals surface area contributed by atoms with Gasteiger partial charge < -0.3 is 15.7 Å². The third-order valence-corrected chi connectivity index (χ3v) is 3.88. The number of carbonyl (C=O) groups is 2. The zero-order valence-corrected chi connectivity index (χ0v) is 12.7. The van der Waals surface area contributed by atoms with E-state index < -0.39 is 5.97 Å². The molecule has 1 aromatic rings. The molecular weight excluding hydrogens is 276 g/mol. The van der Waals surface area contributed by atoms with E-state index in [1.807, 2.05) is 24.4 Å². The third kappa shape index (κ3) is 6.56. The Morgan fingerprint density at radius 3 is 2.75 bits per heavy atom. The van der Waals surface area contributed by atoms with Gasteiger partial charge in [-0.2, -0.15) is 0 Å². The zero-order chi connectivity index (χ0) is 15.0. The number of amides is 2. The van der Waals surface area contributed by atoms with Gasteiger partial charge in [0, 0.05) is 23.9 Å². The maximum absolute atomic E-state index is 11.6. The quantitative estimate of drug-likeness (QED) is 0.645. The van der Waals surface area contributed by atoms with Gasteiger partial charge in [-0.05, 0) is 31.2 Å². The normalized spacial score (nSPS) is 13.5. The molecule has 0 radical (unpaired) electrons. The summed E-state index contributed by atoms with van der Waals surface area (Å²) in [5.74, 6) is -1.16. The monoisotopic (exact) mass is 298 g/mol. The van der Waals surface area contributed by atoms with Crippen LogP contribution < -0.4 is 10.6 Å². The molecular formula is C14H22N2O3S. The summed E-state index contributed by atoms with van der Waals surface area (Å²) >= 11 is 1.68. The first-order chi connectivity index (χ1) is 9.49. The average Bonchev–Trinajstić information content (AvgIpc) is 2.86. The predicted molar refractivity (Wildman–Crippen MR) is 80.1 cm³/mol. The first-order valence-electron chi connectivity index (χ1n) is 6.78. The molecule has 1 aromatic heterocycles. The maximum Gasteiger partial charge on any atom is 0.315 e. The minimum Gasteiger partial charge on any atom is -0.481 e. The number of aliphatic carboxylic acids is 1. The molecule has 6 heteroatoms. The van der Waals surface area contributed by atoms with Gasteiger partial charge in [0.1, 0.15) is 0 Å². The molecule has 0 saturated heterocycles. The highest BCUT2D eigenvalue weighted by Gasteiger charge is 2.11. The van der Waals surface area contributed by atoms with E-state index in [0.717, 1.165) is 6.42 Å². The van der Waals surface area contributed by atoms with Gasteiger partial charge in [-0.25, -0.2) is 4.79 Å². The minimum atomic E-state index is -0.793. The van der Waals surface area contributed by atoms with Crippen molar-refractivity contribution in [3.05, 3.63) is 22.4 Å². The van der Waals surface area contributed by atoms with Crippen molar-refractivity contribution in [1.82, 2.24) is 10.6 Å². The van der Waals surface area contributed by atoms with Gasteiger partial charge in [0.25, 0.3) is 0 Å². The van der Waals surface area contributed by atoms with E-state index in [0.29, 0.717) is 19.4 Å². The van der Waals surface area contributed by atoms with Crippen LogP contribution in [0.25, 0.3) is 0 Å². The van der Waals surface area contributed by atoms with E-state index in [1.54, 1.807) is 18.3 Å². The first-order valence-corrected chi connectivity index (χ1v) is 7.66. The Bertz CT molecular complexity index is 420. The molecule has 3 N–H and O–H groups in total. The van der Waals surface area contributed by atoms with Crippen LogP contribution in [0.1, 0.15) is 31.6 Å². The van der Waals surface area contributed by atoms with Crippen LogP contribution >= 0.6 is 11.3 Å². The number of nitrogens with one attached hydrogen (secondary N) is 2. The molecule has 1 rings (SSSR count). The van der Waals surface area contributed by atoms with Crippen molar-refractivity contribution in [3.63, 3.8) is 0 Å². The maximum atomic E-state index is 11.6. The summed E-state index contributed by atoms with van der Waals surface area (Å²) in [6, 6.07) is 3.92. The van der Waals surface area contributed by atoms with Crippen molar-refractivity contribution in [2.24, 2.45) is 5.92 Å². The lowest BCUT2D eigenvalue weighted by molar-refractivity contribution is -0.141. The topological polar surface area (TPSA) is 78.4 Å². The van der Waals surface area contributed by atoms with Crippen molar-refractivity contribution in [3.8, 4) is 0 Å². The Labute approximate surface area is 123 Å². The van der Waals surface area contributed by atoms with E-state index in [4.69, 9.17) is 5.11 Å². The van der Waals surface area contributed by atoms with Crippen LogP contribution in [0.15, 0.2) is 17.5 Å². The van der Waals surface area contributed by atoms with E-state index in [9.17, 15) is 9.59 Å². The molecule has 20 heavy (non-hydrogen) atoms. The summed E-state index contributed by atoms with van der Waals surface area (Å²) in [5.41, 5.74) is 0. The molecule has 0 aliphatic carbocycles. The van der Waals surface area contributed by atoms with Crippen LogP contribution in [0.4, 0.5) is 4.79 Å². The Hall–Kier alpha value is -1.56. The molecule has 0 bridgehead atoms. The SMILES string of the molecule is CC(Cc1cccs1)NC(=O)NCCCC(C)C(=O)O. The lowest BCUT2D eigenvalue weighted by atomic mass is 10.1. The van der Waals surface area contributed by atoms with Gasteiger partial charge in [0.2, 0.25) is 0 Å². The molecule has 0 aliphatic rings. The van der Waals surface area contributed by atoms with Crippen molar-refractivity contribution < 1.29 is 14.7 Å². The summed E-state index contributed by atoms with van der Waals surface area (Å²) in [5, 5.41) is 16.4. The minimum absolute atomic E-state index is 0.0755. The number of carbonyl (C=O) groups excluding carboxylic acids is 1. The van der Waals surface area contributed by atoms with Gasteiger partial charge in [-0.15, -0.1) is 11.3 Å². The molecule has 0 aromatic carbocycles. The van der Waals surface area contributed by atoms with Gasteiger partial charge >= 0.3 is 12.0 Å². The van der Waals surface area contributed by atoms with Crippen molar-refractivity contribution >= 4 is 23.3 Å². The fourth-order valence-electron chi connectivity index (χ4n) is 1.79. The number of urea groups is 1. The van der Waals surface area contributed by atoms with Crippen LogP contribution in [0.2, 0.25) is 0 Å². The van der Waals surface area contributed by atoms with Crippen molar-refractivity contribution in [1.29, 1.82) is 0 Å². The van der Waals surface area contributed by atoms with E-state index in [1.165, 1.54) is 4.88 Å². The standard InChI is InChI=1S/C14H22N2O3S/c1-10(13(17)18)5-3-7-15-14(19)16-11(2)9-12-6-4-8-20-12/h4,6,8,10-11H,3,5,7,9H2,1-2H3,(H,17,18)(H2,15,16,19). The van der Waals surface area contributed by atoms with Gasteiger partial charge in [-0.3, -0.25) is 4.79 Å². The number of thiophene rings is 1. The molecule has 0 spiro atoms. The largest absolute Gasteiger partial charge is 0.481 e. The number of hydrogen-bond donors (Lipinski definition) is 3. The zero-order valence-electron chi connectivity index (χ0n) is 11.9. The fraction of sp³-hybridized carbons (Fsp3) is 0.571. The Morgan fingerprint density at radius 1 is 1.40 bits per heavy atom. The highest BCUT2D eigenvalue weighted by Crippen LogP contribution is 2.10. The predicted octanol–water partition coefficient (Wildman–Crippen LogP) is 2.48. The highest BCUT2D eigenvalue weighted by molar-refractivity contribution is 7.09. The Kier molecular flexibility index (Phi) is 7.08. The number of hydrogen-bond acceptors (Lipinski definition) is 3. The van der Waals surface area contributed by atoms with Gasteiger partial charge in [0.15, 0.2) is 0 Å². The lowest BCUT2D eigenvalue weighted by Gasteiger charge is -2.14. The molecule has 112 valence electrons. The molecule has 0 aliphatic heterocycles. The second-order valence-electron chi connectivity index (χ2n) is 4.97. The first kappa shape index (κ1) is 16.5. The number of carboxylic acids is 1. The summed E-state index contributed by atoms with van der Waals surface area (Å²) < 4.78 is 0.